The van der Waals surface area contributed by atoms with Crippen molar-refractivity contribution in [3.05, 3.63) is 0 Å². The zero-order chi connectivity index (χ0) is 20.2. The van der Waals surface area contributed by atoms with Gasteiger partial charge in [0.15, 0.2) is 0 Å². The second-order valence-corrected chi connectivity index (χ2v) is 9.26. The molecule has 0 heterocycles. The van der Waals surface area contributed by atoms with E-state index in [0.717, 1.165) is 19.3 Å². The van der Waals surface area contributed by atoms with Crippen LogP contribution in [0.4, 0.5) is 0 Å². The van der Waals surface area contributed by atoms with Gasteiger partial charge < -0.3 is 0 Å². The highest BCUT2D eigenvalue weighted by molar-refractivity contribution is 7.86. The van der Waals surface area contributed by atoms with Gasteiger partial charge in [0, 0.05) is 6.42 Å². The van der Waals surface area contributed by atoms with E-state index >= 15 is 0 Å². The summed E-state index contributed by atoms with van der Waals surface area (Å²) in [7, 11) is -3.62. The lowest BCUT2D eigenvalue weighted by molar-refractivity contribution is -0.127. The topological polar surface area (TPSA) is 72.5 Å². The van der Waals surface area contributed by atoms with Crippen LogP contribution in [-0.4, -0.2) is 20.1 Å². The summed E-state index contributed by atoms with van der Waals surface area (Å²) in [6, 6.07) is 0. The average molecular weight is 406 g/mol. The summed E-state index contributed by atoms with van der Waals surface area (Å²) >= 11 is 0. The lowest BCUT2D eigenvalue weighted by Crippen LogP contribution is -2.28. The third-order valence-electron chi connectivity index (χ3n) is 4.74. The summed E-state index contributed by atoms with van der Waals surface area (Å²) in [4.78, 5) is 11.5. The van der Waals surface area contributed by atoms with Crippen molar-refractivity contribution in [2.45, 2.75) is 123 Å². The second-order valence-electron chi connectivity index (χ2n) is 7.57. The van der Waals surface area contributed by atoms with Crippen molar-refractivity contribution in [2.75, 3.05) is 5.75 Å². The van der Waals surface area contributed by atoms with Crippen LogP contribution < -0.4 is 5.48 Å². The maximum Gasteiger partial charge on any atom is 0.287 e. The fraction of sp³-hybridized carbons (Fsp3) is 0.952. The monoisotopic (exact) mass is 405 g/mol. The molecule has 0 fully saturated rings. The Morgan fingerprint density at radius 2 is 1.07 bits per heavy atom. The van der Waals surface area contributed by atoms with Crippen molar-refractivity contribution >= 4 is 16.0 Å². The van der Waals surface area contributed by atoms with E-state index in [0.29, 0.717) is 12.8 Å². The van der Waals surface area contributed by atoms with Crippen LogP contribution in [0.3, 0.4) is 0 Å². The fourth-order valence-electron chi connectivity index (χ4n) is 3.11. The molecule has 0 aliphatic heterocycles. The molecular weight excluding hydrogens is 362 g/mol. The number of unbranched alkanes of at least 4 members (excludes halogenated alkanes) is 14. The Morgan fingerprint density at radius 3 is 1.48 bits per heavy atom. The summed E-state index contributed by atoms with van der Waals surface area (Å²) in [5.74, 6) is -0.434. The van der Waals surface area contributed by atoms with Crippen LogP contribution in [0.5, 0.6) is 0 Å². The van der Waals surface area contributed by atoms with E-state index < -0.39 is 10.1 Å². The van der Waals surface area contributed by atoms with Crippen LogP contribution in [0.1, 0.15) is 123 Å². The molecule has 27 heavy (non-hydrogen) atoms. The normalized spacial score (nSPS) is 11.6. The number of hydrogen-bond donors (Lipinski definition) is 1. The molecular formula is C21H43NO4S. The largest absolute Gasteiger partial charge is 0.287 e. The predicted molar refractivity (Wildman–Crippen MR) is 113 cm³/mol. The van der Waals surface area contributed by atoms with Crippen LogP contribution in [0.2, 0.25) is 0 Å². The molecule has 0 radical (unpaired) electrons. The third-order valence-corrected chi connectivity index (χ3v) is 5.99. The molecule has 0 atom stereocenters. The van der Waals surface area contributed by atoms with Gasteiger partial charge in [0.05, 0.1) is 5.75 Å². The molecule has 5 nitrogen and oxygen atoms in total. The quantitative estimate of drug-likeness (QED) is 0.198. The van der Waals surface area contributed by atoms with Gasteiger partial charge in [-0.3, -0.25) is 4.79 Å². The molecule has 0 saturated heterocycles. The number of carbonyl (C=O) groups excluding carboxylic acids is 1. The van der Waals surface area contributed by atoms with Crippen molar-refractivity contribution < 1.29 is 17.5 Å². The molecule has 6 heteroatoms. The highest BCUT2D eigenvalue weighted by atomic mass is 32.2. The third kappa shape index (κ3) is 19.9. The van der Waals surface area contributed by atoms with Crippen molar-refractivity contribution in [3.63, 3.8) is 0 Å². The molecule has 0 aromatic carbocycles. The van der Waals surface area contributed by atoms with E-state index in [4.69, 9.17) is 0 Å². The van der Waals surface area contributed by atoms with Crippen molar-refractivity contribution in [2.24, 2.45) is 0 Å². The Hall–Kier alpha value is -0.620. The second kappa shape index (κ2) is 18.7. The number of rotatable bonds is 20. The van der Waals surface area contributed by atoms with Gasteiger partial charge in [-0.15, -0.1) is 4.28 Å². The van der Waals surface area contributed by atoms with Gasteiger partial charge in [0.1, 0.15) is 0 Å². The first-order valence-corrected chi connectivity index (χ1v) is 12.8. The van der Waals surface area contributed by atoms with Crippen molar-refractivity contribution in [3.8, 4) is 0 Å². The van der Waals surface area contributed by atoms with Crippen LogP contribution in [0.15, 0.2) is 0 Å². The summed E-state index contributed by atoms with van der Waals surface area (Å²) in [6.07, 6.45) is 20.0. The Bertz CT molecular complexity index is 437. The molecule has 0 saturated carbocycles. The van der Waals surface area contributed by atoms with E-state index in [-0.39, 0.29) is 11.7 Å². The maximum atomic E-state index is 11.5. The molecule has 0 bridgehead atoms. The minimum Gasteiger partial charge on any atom is -0.273 e. The zero-order valence-corrected chi connectivity index (χ0v) is 18.6. The van der Waals surface area contributed by atoms with Gasteiger partial charge in [-0.2, -0.15) is 8.42 Å². The highest BCUT2D eigenvalue weighted by Gasteiger charge is 2.11. The number of nitrogens with one attached hydrogen (secondary N) is 1. The average Bonchev–Trinajstić information content (AvgIpc) is 2.63. The van der Waals surface area contributed by atoms with Gasteiger partial charge in [-0.05, 0) is 12.8 Å². The van der Waals surface area contributed by atoms with Gasteiger partial charge >= 0.3 is 0 Å². The summed E-state index contributed by atoms with van der Waals surface area (Å²) in [6.45, 7) is 4.01. The summed E-state index contributed by atoms with van der Waals surface area (Å²) in [5.41, 5.74) is 2.03. The number of carbonyl (C=O) groups is 1. The molecule has 0 unspecified atom stereocenters. The minimum atomic E-state index is -3.62. The van der Waals surface area contributed by atoms with E-state index in [9.17, 15) is 13.2 Å². The summed E-state index contributed by atoms with van der Waals surface area (Å²) in [5, 5.41) is 0. The lowest BCUT2D eigenvalue weighted by Gasteiger charge is -2.06. The fourth-order valence-corrected chi connectivity index (χ4v) is 3.91. The molecule has 0 aromatic rings. The first-order valence-electron chi connectivity index (χ1n) is 11.2. The Balaban J connectivity index is 3.27. The van der Waals surface area contributed by atoms with Crippen LogP contribution in [0, 0.1) is 0 Å². The first-order chi connectivity index (χ1) is 13.0. The van der Waals surface area contributed by atoms with E-state index in [1.165, 1.54) is 77.0 Å². The molecule has 0 aromatic heterocycles. The minimum absolute atomic E-state index is 0.0771. The van der Waals surface area contributed by atoms with E-state index in [2.05, 4.69) is 11.2 Å². The Kier molecular flexibility index (Phi) is 18.3. The van der Waals surface area contributed by atoms with Crippen molar-refractivity contribution in [1.82, 2.24) is 5.48 Å². The first kappa shape index (κ1) is 26.4. The number of hydroxylamine groups is 1. The van der Waals surface area contributed by atoms with Gasteiger partial charge in [0.25, 0.3) is 10.1 Å². The molecule has 162 valence electrons. The van der Waals surface area contributed by atoms with Gasteiger partial charge in [0.2, 0.25) is 5.91 Å². The molecule has 0 rings (SSSR count). The van der Waals surface area contributed by atoms with Crippen LogP contribution in [-0.2, 0) is 19.2 Å². The predicted octanol–water partition coefficient (Wildman–Crippen LogP) is 6.04. The SMILES string of the molecule is CCCCCCCCCCCCCCCCCC(=O)NOS(=O)(=O)CCC. The molecule has 0 spiro atoms. The highest BCUT2D eigenvalue weighted by Crippen LogP contribution is 2.13. The number of hydrogen-bond acceptors (Lipinski definition) is 4. The van der Waals surface area contributed by atoms with Gasteiger partial charge in [-0.25, -0.2) is 5.48 Å². The smallest absolute Gasteiger partial charge is 0.273 e. The van der Waals surface area contributed by atoms with Crippen LogP contribution in [0.25, 0.3) is 0 Å². The molecule has 1 amide bonds. The zero-order valence-electron chi connectivity index (χ0n) is 17.8. The van der Waals surface area contributed by atoms with E-state index in [1.54, 1.807) is 6.92 Å². The number of amides is 1. The van der Waals surface area contributed by atoms with E-state index in [1.807, 2.05) is 5.48 Å². The standard InChI is InChI=1S/C21H43NO4S/c1-3-5-6-7-8-9-10-11-12-13-14-15-16-17-18-19-21(23)22-26-27(24,25)20-4-2/h3-20H2,1-2H3,(H,22,23). The van der Waals surface area contributed by atoms with Crippen molar-refractivity contribution in [1.29, 1.82) is 0 Å². The molecule has 0 aliphatic rings. The maximum absolute atomic E-state index is 11.5. The lowest BCUT2D eigenvalue weighted by atomic mass is 10.0. The Morgan fingerprint density at radius 1 is 0.667 bits per heavy atom. The summed E-state index contributed by atoms with van der Waals surface area (Å²) < 4.78 is 27.1. The molecule has 0 aliphatic carbocycles. The molecule has 1 N–H and O–H groups in total. The Labute approximate surface area is 168 Å². The van der Waals surface area contributed by atoms with Gasteiger partial charge in [-0.1, -0.05) is 104 Å². The van der Waals surface area contributed by atoms with Crippen LogP contribution >= 0.6 is 0 Å².